The molecule has 1 amide bonds. The van der Waals surface area contributed by atoms with E-state index in [0.717, 1.165) is 17.2 Å². The molecule has 1 aliphatic heterocycles. The third-order valence-corrected chi connectivity index (χ3v) is 3.14. The topological polar surface area (TPSA) is 38.8 Å². The van der Waals surface area contributed by atoms with E-state index < -0.39 is 0 Å². The van der Waals surface area contributed by atoms with Crippen molar-refractivity contribution >= 4 is 23.5 Å². The summed E-state index contributed by atoms with van der Waals surface area (Å²) in [5, 5.41) is 0. The van der Waals surface area contributed by atoms with Gasteiger partial charge in [0.15, 0.2) is 6.61 Å². The molecule has 0 saturated carbocycles. The third-order valence-electron chi connectivity index (χ3n) is 2.22. The number of methoxy groups -OCH3 is 1. The molecule has 0 radical (unpaired) electrons. The highest BCUT2D eigenvalue weighted by Crippen LogP contribution is 2.38. The Kier molecular flexibility index (Phi) is 3.24. The van der Waals surface area contributed by atoms with Crippen LogP contribution >= 0.6 is 11.9 Å². The van der Waals surface area contributed by atoms with Crippen LogP contribution in [-0.4, -0.2) is 25.4 Å². The largest absolute Gasteiger partial charge is 0.497 e. The Labute approximate surface area is 98.7 Å². The van der Waals surface area contributed by atoms with E-state index in [0.29, 0.717) is 5.75 Å². The van der Waals surface area contributed by atoms with Crippen molar-refractivity contribution in [2.75, 3.05) is 23.8 Å². The van der Waals surface area contributed by atoms with E-state index in [1.165, 1.54) is 11.9 Å². The van der Waals surface area contributed by atoms with E-state index >= 15 is 0 Å². The van der Waals surface area contributed by atoms with Crippen LogP contribution in [0.1, 0.15) is 6.92 Å². The van der Waals surface area contributed by atoms with Crippen LogP contribution in [0.4, 0.5) is 5.69 Å². The maximum Gasteiger partial charge on any atom is 0.275 e. The maximum absolute atomic E-state index is 11.7. The van der Waals surface area contributed by atoms with Crippen LogP contribution < -0.4 is 13.8 Å². The van der Waals surface area contributed by atoms with Crippen molar-refractivity contribution in [1.82, 2.24) is 0 Å². The van der Waals surface area contributed by atoms with Crippen molar-refractivity contribution in [3.8, 4) is 11.5 Å². The molecule has 1 heterocycles. The summed E-state index contributed by atoms with van der Waals surface area (Å²) in [7, 11) is 1.61. The first-order valence-corrected chi connectivity index (χ1v) is 5.97. The summed E-state index contributed by atoms with van der Waals surface area (Å²) < 4.78 is 12.2. The molecule has 86 valence electrons. The standard InChI is InChI=1S/C11H13NO3S/c1-3-16-12-9-5-4-8(14-2)6-10(9)15-7-11(12)13/h4-6H,3,7H2,1-2H3. The number of benzene rings is 1. The second-order valence-corrected chi connectivity index (χ2v) is 4.43. The Morgan fingerprint density at radius 2 is 2.38 bits per heavy atom. The molecule has 1 aromatic rings. The fourth-order valence-electron chi connectivity index (χ4n) is 1.51. The summed E-state index contributed by atoms with van der Waals surface area (Å²) >= 11 is 1.48. The van der Waals surface area contributed by atoms with Gasteiger partial charge in [0.2, 0.25) is 0 Å². The first kappa shape index (κ1) is 11.1. The number of rotatable bonds is 3. The highest BCUT2D eigenvalue weighted by Gasteiger charge is 2.25. The normalized spacial score (nSPS) is 14.4. The summed E-state index contributed by atoms with van der Waals surface area (Å²) in [5.41, 5.74) is 0.795. The lowest BCUT2D eigenvalue weighted by Crippen LogP contribution is -2.33. The van der Waals surface area contributed by atoms with E-state index in [2.05, 4.69) is 0 Å². The molecule has 0 bridgehead atoms. The van der Waals surface area contributed by atoms with Gasteiger partial charge < -0.3 is 9.47 Å². The van der Waals surface area contributed by atoms with E-state index in [-0.39, 0.29) is 12.5 Å². The van der Waals surface area contributed by atoms with Gasteiger partial charge in [-0.3, -0.25) is 4.79 Å². The fourth-order valence-corrected chi connectivity index (χ4v) is 2.25. The molecule has 0 spiro atoms. The summed E-state index contributed by atoms with van der Waals surface area (Å²) in [4.78, 5) is 11.7. The van der Waals surface area contributed by atoms with E-state index in [4.69, 9.17) is 9.47 Å². The van der Waals surface area contributed by atoms with Crippen LogP contribution in [-0.2, 0) is 4.79 Å². The molecule has 0 aliphatic carbocycles. The molecule has 0 aromatic heterocycles. The van der Waals surface area contributed by atoms with Crippen LogP contribution in [0.15, 0.2) is 18.2 Å². The molecule has 0 atom stereocenters. The zero-order chi connectivity index (χ0) is 11.5. The smallest absolute Gasteiger partial charge is 0.275 e. The van der Waals surface area contributed by atoms with Crippen molar-refractivity contribution in [1.29, 1.82) is 0 Å². The van der Waals surface area contributed by atoms with Crippen LogP contribution in [0.25, 0.3) is 0 Å². The van der Waals surface area contributed by atoms with E-state index in [1.54, 1.807) is 17.5 Å². The molecule has 0 fully saturated rings. The second kappa shape index (κ2) is 4.65. The first-order chi connectivity index (χ1) is 7.76. The van der Waals surface area contributed by atoms with Crippen molar-refractivity contribution in [3.05, 3.63) is 18.2 Å². The summed E-state index contributed by atoms with van der Waals surface area (Å²) in [5.74, 6) is 2.25. The minimum atomic E-state index is -0.0236. The third kappa shape index (κ3) is 1.95. The van der Waals surface area contributed by atoms with Gasteiger partial charge in [0.05, 0.1) is 12.8 Å². The zero-order valence-corrected chi connectivity index (χ0v) is 10.0. The molecule has 4 nitrogen and oxygen atoms in total. The van der Waals surface area contributed by atoms with Crippen LogP contribution in [0.5, 0.6) is 11.5 Å². The molecule has 1 aliphatic rings. The van der Waals surface area contributed by atoms with Gasteiger partial charge in [-0.15, -0.1) is 0 Å². The lowest BCUT2D eigenvalue weighted by Gasteiger charge is -2.27. The Bertz CT molecular complexity index is 408. The van der Waals surface area contributed by atoms with E-state index in [9.17, 15) is 4.79 Å². The van der Waals surface area contributed by atoms with E-state index in [1.807, 2.05) is 19.1 Å². The summed E-state index contributed by atoms with van der Waals surface area (Å²) in [6.07, 6.45) is 0. The van der Waals surface area contributed by atoms with Gasteiger partial charge in [-0.2, -0.15) is 0 Å². The minimum Gasteiger partial charge on any atom is -0.497 e. The monoisotopic (exact) mass is 239 g/mol. The van der Waals surface area contributed by atoms with Gasteiger partial charge in [0, 0.05) is 11.8 Å². The summed E-state index contributed by atoms with van der Waals surface area (Å²) in [6, 6.07) is 5.46. The highest BCUT2D eigenvalue weighted by molar-refractivity contribution is 8.01. The van der Waals surface area contributed by atoms with Crippen molar-refractivity contribution in [3.63, 3.8) is 0 Å². The average molecular weight is 239 g/mol. The number of hydrogen-bond donors (Lipinski definition) is 0. The predicted octanol–water partition coefficient (Wildman–Crippen LogP) is 2.09. The number of anilines is 1. The van der Waals surface area contributed by atoms with Crippen molar-refractivity contribution in [2.24, 2.45) is 0 Å². The van der Waals surface area contributed by atoms with Gasteiger partial charge in [0.25, 0.3) is 5.91 Å². The molecule has 0 saturated heterocycles. The Morgan fingerprint density at radius 1 is 1.56 bits per heavy atom. The number of hydrogen-bond acceptors (Lipinski definition) is 4. The molecule has 1 aromatic carbocycles. The lowest BCUT2D eigenvalue weighted by molar-refractivity contribution is -0.119. The Hall–Kier alpha value is -1.36. The predicted molar refractivity (Wildman–Crippen MR) is 64.1 cm³/mol. The number of nitrogens with zero attached hydrogens (tertiary/aromatic N) is 1. The minimum absolute atomic E-state index is 0.0236. The Balaban J connectivity index is 2.36. The second-order valence-electron chi connectivity index (χ2n) is 3.23. The van der Waals surface area contributed by atoms with Crippen LogP contribution in [0.2, 0.25) is 0 Å². The molecule has 2 rings (SSSR count). The Morgan fingerprint density at radius 3 is 3.06 bits per heavy atom. The molecule has 0 N–H and O–H groups in total. The fraction of sp³-hybridized carbons (Fsp3) is 0.364. The molecular formula is C11H13NO3S. The molecule has 16 heavy (non-hydrogen) atoms. The van der Waals surface area contributed by atoms with Gasteiger partial charge in [-0.25, -0.2) is 4.31 Å². The molecule has 5 heteroatoms. The van der Waals surface area contributed by atoms with Crippen LogP contribution in [0.3, 0.4) is 0 Å². The number of amides is 1. The number of carbonyl (C=O) groups excluding carboxylic acids is 1. The number of ether oxygens (including phenoxy) is 2. The zero-order valence-electron chi connectivity index (χ0n) is 9.23. The van der Waals surface area contributed by atoms with Gasteiger partial charge >= 0.3 is 0 Å². The summed E-state index contributed by atoms with van der Waals surface area (Å²) in [6.45, 7) is 2.10. The average Bonchev–Trinajstić information content (AvgIpc) is 2.32. The van der Waals surface area contributed by atoms with Gasteiger partial charge in [0.1, 0.15) is 11.5 Å². The van der Waals surface area contributed by atoms with Crippen molar-refractivity contribution in [2.45, 2.75) is 6.92 Å². The molecule has 0 unspecified atom stereocenters. The van der Waals surface area contributed by atoms with Crippen LogP contribution in [0, 0.1) is 0 Å². The SMILES string of the molecule is CCSN1C(=O)COc2cc(OC)ccc21. The van der Waals surface area contributed by atoms with Crippen molar-refractivity contribution < 1.29 is 14.3 Å². The van der Waals surface area contributed by atoms with Gasteiger partial charge in [-0.05, 0) is 24.1 Å². The lowest BCUT2D eigenvalue weighted by atomic mass is 10.2. The van der Waals surface area contributed by atoms with Gasteiger partial charge in [-0.1, -0.05) is 6.92 Å². The number of fused-ring (bicyclic) bond motifs is 1. The first-order valence-electron chi connectivity index (χ1n) is 5.03. The number of carbonyl (C=O) groups is 1. The highest BCUT2D eigenvalue weighted by atomic mass is 32.2. The molecular weight excluding hydrogens is 226 g/mol. The maximum atomic E-state index is 11.7. The quantitative estimate of drug-likeness (QED) is 0.757.